The number of hydrogen-bond acceptors (Lipinski definition) is 6. The van der Waals surface area contributed by atoms with Crippen molar-refractivity contribution in [3.63, 3.8) is 0 Å². The molecule has 0 fully saturated rings. The van der Waals surface area contributed by atoms with Gasteiger partial charge in [-0.05, 0) is 18.4 Å². The van der Waals surface area contributed by atoms with Crippen LogP contribution in [0.5, 0.6) is 5.75 Å². The molecule has 0 amide bonds. The van der Waals surface area contributed by atoms with E-state index in [9.17, 15) is 0 Å². The van der Waals surface area contributed by atoms with Gasteiger partial charge in [-0.25, -0.2) is 15.0 Å². The predicted molar refractivity (Wildman–Crippen MR) is 74.9 cm³/mol. The van der Waals surface area contributed by atoms with Gasteiger partial charge in [-0.2, -0.15) is 0 Å². The van der Waals surface area contributed by atoms with Gasteiger partial charge in [-0.15, -0.1) is 0 Å². The first-order valence-corrected chi connectivity index (χ1v) is 7.19. The van der Waals surface area contributed by atoms with Crippen molar-refractivity contribution in [2.75, 3.05) is 25.2 Å². The number of anilines is 1. The minimum Gasteiger partial charge on any atom is -0.496 e. The van der Waals surface area contributed by atoms with E-state index in [1.807, 2.05) is 18.4 Å². The van der Waals surface area contributed by atoms with Crippen molar-refractivity contribution in [1.29, 1.82) is 0 Å². The molecule has 1 aliphatic rings. The second-order valence-electron chi connectivity index (χ2n) is 4.18. The first kappa shape index (κ1) is 12.2. The molecule has 98 valence electrons. The Kier molecular flexibility index (Phi) is 3.25. The van der Waals surface area contributed by atoms with Crippen molar-refractivity contribution < 1.29 is 4.74 Å². The topological polar surface area (TPSA) is 59.9 Å². The van der Waals surface area contributed by atoms with Crippen molar-refractivity contribution in [3.8, 4) is 5.75 Å². The minimum absolute atomic E-state index is 0.160. The van der Waals surface area contributed by atoms with Crippen LogP contribution in [0.25, 0.3) is 0 Å². The summed E-state index contributed by atoms with van der Waals surface area (Å²) in [6.45, 7) is 0.785. The van der Waals surface area contributed by atoms with E-state index < -0.39 is 0 Å². The number of methoxy groups -OCH3 is 1. The molecule has 19 heavy (non-hydrogen) atoms. The maximum Gasteiger partial charge on any atom is 0.187 e. The Morgan fingerprint density at radius 2 is 2.16 bits per heavy atom. The number of fused-ring (bicyclic) bond motifs is 1. The average Bonchev–Trinajstić information content (AvgIpc) is 2.91. The number of nitrogens with zero attached hydrogens (tertiary/aromatic N) is 3. The summed E-state index contributed by atoms with van der Waals surface area (Å²) in [7, 11) is 1.68. The van der Waals surface area contributed by atoms with Gasteiger partial charge in [-0.3, -0.25) is 0 Å². The Hall–Kier alpha value is -1.82. The van der Waals surface area contributed by atoms with Gasteiger partial charge in [0.05, 0.1) is 18.7 Å². The van der Waals surface area contributed by atoms with Gasteiger partial charge in [0.25, 0.3) is 0 Å². The van der Waals surface area contributed by atoms with Gasteiger partial charge in [0.1, 0.15) is 11.6 Å². The van der Waals surface area contributed by atoms with E-state index >= 15 is 0 Å². The van der Waals surface area contributed by atoms with E-state index in [2.05, 4.69) is 20.3 Å². The SMILES string of the molecule is COc1ccnc2c1C(c1ccnc(SC)n1)CN2. The van der Waals surface area contributed by atoms with Gasteiger partial charge in [0.15, 0.2) is 5.16 Å². The molecule has 0 radical (unpaired) electrons. The third-order valence-corrected chi connectivity index (χ3v) is 3.75. The molecular formula is C13H14N4OS. The Balaban J connectivity index is 2.06. The molecule has 0 saturated carbocycles. The largest absolute Gasteiger partial charge is 0.496 e. The number of aromatic nitrogens is 3. The summed E-state index contributed by atoms with van der Waals surface area (Å²) in [5, 5.41) is 4.09. The Labute approximate surface area is 115 Å². The van der Waals surface area contributed by atoms with Gasteiger partial charge in [0.2, 0.25) is 0 Å². The summed E-state index contributed by atoms with van der Waals surface area (Å²) in [6, 6.07) is 3.84. The molecule has 0 aliphatic carbocycles. The molecule has 0 saturated heterocycles. The van der Waals surface area contributed by atoms with E-state index in [-0.39, 0.29) is 5.92 Å². The quantitative estimate of drug-likeness (QED) is 0.683. The summed E-state index contributed by atoms with van der Waals surface area (Å²) in [6.07, 6.45) is 5.53. The van der Waals surface area contributed by atoms with Gasteiger partial charge in [-0.1, -0.05) is 11.8 Å². The molecule has 0 bridgehead atoms. The van der Waals surface area contributed by atoms with Crippen molar-refractivity contribution in [2.45, 2.75) is 11.1 Å². The van der Waals surface area contributed by atoms with Crippen molar-refractivity contribution in [1.82, 2.24) is 15.0 Å². The lowest BCUT2D eigenvalue weighted by Gasteiger charge is -2.13. The molecule has 5 nitrogen and oxygen atoms in total. The normalized spacial score (nSPS) is 16.8. The maximum atomic E-state index is 5.44. The highest BCUT2D eigenvalue weighted by molar-refractivity contribution is 7.98. The van der Waals surface area contributed by atoms with Gasteiger partial charge >= 0.3 is 0 Å². The number of pyridine rings is 1. The maximum absolute atomic E-state index is 5.44. The summed E-state index contributed by atoms with van der Waals surface area (Å²) >= 11 is 1.54. The smallest absolute Gasteiger partial charge is 0.187 e. The molecule has 3 heterocycles. The van der Waals surface area contributed by atoms with Crippen molar-refractivity contribution in [2.24, 2.45) is 0 Å². The summed E-state index contributed by atoms with van der Waals surface area (Å²) in [5.41, 5.74) is 2.08. The van der Waals surface area contributed by atoms with E-state index in [0.29, 0.717) is 0 Å². The average molecular weight is 274 g/mol. The van der Waals surface area contributed by atoms with Gasteiger partial charge < -0.3 is 10.1 Å². The number of ether oxygens (including phenoxy) is 1. The lowest BCUT2D eigenvalue weighted by atomic mass is 9.98. The minimum atomic E-state index is 0.160. The van der Waals surface area contributed by atoms with Crippen LogP contribution in [0, 0.1) is 0 Å². The highest BCUT2D eigenvalue weighted by Crippen LogP contribution is 2.40. The molecule has 1 N–H and O–H groups in total. The molecule has 2 aromatic heterocycles. The highest BCUT2D eigenvalue weighted by Gasteiger charge is 2.29. The van der Waals surface area contributed by atoms with Crippen LogP contribution in [-0.4, -0.2) is 34.9 Å². The third-order valence-electron chi connectivity index (χ3n) is 3.19. The zero-order valence-corrected chi connectivity index (χ0v) is 11.6. The summed E-state index contributed by atoms with van der Waals surface area (Å²) in [4.78, 5) is 13.1. The first-order valence-electron chi connectivity index (χ1n) is 5.97. The Morgan fingerprint density at radius 3 is 2.95 bits per heavy atom. The first-order chi connectivity index (χ1) is 9.33. The fourth-order valence-electron chi connectivity index (χ4n) is 2.31. The third kappa shape index (κ3) is 2.12. The van der Waals surface area contributed by atoms with E-state index in [1.54, 1.807) is 31.3 Å². The second kappa shape index (κ2) is 5.05. The highest BCUT2D eigenvalue weighted by atomic mass is 32.2. The number of rotatable bonds is 3. The Morgan fingerprint density at radius 1 is 1.32 bits per heavy atom. The molecule has 1 unspecified atom stereocenters. The fraction of sp³-hybridized carbons (Fsp3) is 0.308. The molecule has 3 rings (SSSR count). The van der Waals surface area contributed by atoms with Crippen molar-refractivity contribution in [3.05, 3.63) is 35.8 Å². The zero-order chi connectivity index (χ0) is 13.2. The van der Waals surface area contributed by atoms with Crippen LogP contribution in [0.3, 0.4) is 0 Å². The molecular weight excluding hydrogens is 260 g/mol. The summed E-state index contributed by atoms with van der Waals surface area (Å²) in [5.74, 6) is 1.89. The van der Waals surface area contributed by atoms with E-state index in [0.717, 1.165) is 34.5 Å². The lowest BCUT2D eigenvalue weighted by molar-refractivity contribution is 0.408. The van der Waals surface area contributed by atoms with E-state index in [1.165, 1.54) is 0 Å². The van der Waals surface area contributed by atoms with Crippen LogP contribution in [0.4, 0.5) is 5.82 Å². The van der Waals surface area contributed by atoms with Crippen LogP contribution in [0.2, 0.25) is 0 Å². The molecule has 2 aromatic rings. The van der Waals surface area contributed by atoms with Crippen LogP contribution in [0.1, 0.15) is 17.2 Å². The van der Waals surface area contributed by atoms with Crippen molar-refractivity contribution >= 4 is 17.6 Å². The molecule has 0 aromatic carbocycles. The van der Waals surface area contributed by atoms with Crippen LogP contribution in [-0.2, 0) is 0 Å². The standard InChI is InChI=1S/C13H14N4OS/c1-18-10-4-6-14-12-11(10)8(7-16-12)9-3-5-15-13(17-9)19-2/h3-6,8H,7H2,1-2H3,(H,14,16). The van der Waals surface area contributed by atoms with Crippen LogP contribution < -0.4 is 10.1 Å². The van der Waals surface area contributed by atoms with Gasteiger partial charge in [0, 0.05) is 24.5 Å². The molecule has 1 aliphatic heterocycles. The molecule has 1 atom stereocenters. The number of nitrogens with one attached hydrogen (secondary N) is 1. The summed E-state index contributed by atoms with van der Waals surface area (Å²) < 4.78 is 5.44. The monoisotopic (exact) mass is 274 g/mol. The Bertz CT molecular complexity index is 605. The lowest BCUT2D eigenvalue weighted by Crippen LogP contribution is -2.07. The number of hydrogen-bond donors (Lipinski definition) is 1. The zero-order valence-electron chi connectivity index (χ0n) is 10.8. The molecule has 6 heteroatoms. The fourth-order valence-corrected chi connectivity index (χ4v) is 2.67. The predicted octanol–water partition coefficient (Wildman–Crippen LogP) is 2.16. The molecule has 0 spiro atoms. The van der Waals surface area contributed by atoms with Crippen LogP contribution in [0.15, 0.2) is 29.7 Å². The van der Waals surface area contributed by atoms with Crippen LogP contribution >= 0.6 is 11.8 Å². The number of thioether (sulfide) groups is 1. The van der Waals surface area contributed by atoms with E-state index in [4.69, 9.17) is 4.74 Å². The second-order valence-corrected chi connectivity index (χ2v) is 4.95.